The summed E-state index contributed by atoms with van der Waals surface area (Å²) in [5.74, 6) is -0.847. The van der Waals surface area contributed by atoms with Gasteiger partial charge in [-0.1, -0.05) is 0 Å². The predicted octanol–water partition coefficient (Wildman–Crippen LogP) is 2.29. The Morgan fingerprint density at radius 1 is 1.41 bits per heavy atom. The Kier molecular flexibility index (Phi) is 3.99. The standard InChI is InChI=1S/C11H9F2NO3/c1-16-9-4-8(11(15)17-2)7(10(12)13)3-6(9)5-14/h3-4,10H,1-2H3. The van der Waals surface area contributed by atoms with Crippen molar-refractivity contribution in [3.8, 4) is 11.8 Å². The van der Waals surface area contributed by atoms with Crippen LogP contribution in [-0.2, 0) is 4.74 Å². The molecule has 4 nitrogen and oxygen atoms in total. The largest absolute Gasteiger partial charge is 0.495 e. The summed E-state index contributed by atoms with van der Waals surface area (Å²) in [5, 5.41) is 8.75. The summed E-state index contributed by atoms with van der Waals surface area (Å²) in [6.45, 7) is 0. The number of nitrogens with zero attached hydrogens (tertiary/aromatic N) is 1. The lowest BCUT2D eigenvalue weighted by atomic mass is 10.0. The van der Waals surface area contributed by atoms with E-state index in [0.717, 1.165) is 19.2 Å². The van der Waals surface area contributed by atoms with Crippen LogP contribution in [0.1, 0.15) is 27.9 Å². The first kappa shape index (κ1) is 12.9. The molecule has 0 atom stereocenters. The molecule has 0 spiro atoms. The van der Waals surface area contributed by atoms with Crippen molar-refractivity contribution < 1.29 is 23.0 Å². The van der Waals surface area contributed by atoms with Crippen molar-refractivity contribution in [3.05, 3.63) is 28.8 Å². The van der Waals surface area contributed by atoms with Crippen LogP contribution in [0, 0.1) is 11.3 Å². The van der Waals surface area contributed by atoms with Gasteiger partial charge in [-0.25, -0.2) is 13.6 Å². The Bertz CT molecular complexity index is 480. The van der Waals surface area contributed by atoms with Crippen LogP contribution < -0.4 is 4.74 Å². The molecule has 0 saturated carbocycles. The molecular weight excluding hydrogens is 232 g/mol. The average molecular weight is 241 g/mol. The normalized spacial score (nSPS) is 9.88. The first-order chi connectivity index (χ1) is 8.04. The highest BCUT2D eigenvalue weighted by Gasteiger charge is 2.22. The molecule has 0 fully saturated rings. The van der Waals surface area contributed by atoms with Crippen molar-refractivity contribution in [2.75, 3.05) is 14.2 Å². The highest BCUT2D eigenvalue weighted by molar-refractivity contribution is 5.92. The van der Waals surface area contributed by atoms with Gasteiger partial charge in [0.2, 0.25) is 0 Å². The second-order valence-electron chi connectivity index (χ2n) is 3.04. The number of ether oxygens (including phenoxy) is 2. The van der Waals surface area contributed by atoms with Crippen molar-refractivity contribution in [3.63, 3.8) is 0 Å². The van der Waals surface area contributed by atoms with Crippen LogP contribution in [0.3, 0.4) is 0 Å². The number of methoxy groups -OCH3 is 2. The lowest BCUT2D eigenvalue weighted by Crippen LogP contribution is -2.07. The molecule has 0 unspecified atom stereocenters. The van der Waals surface area contributed by atoms with Gasteiger partial charge in [0.1, 0.15) is 11.8 Å². The van der Waals surface area contributed by atoms with E-state index >= 15 is 0 Å². The highest BCUT2D eigenvalue weighted by Crippen LogP contribution is 2.30. The number of carbonyl (C=O) groups excluding carboxylic acids is 1. The molecular formula is C11H9F2NO3. The lowest BCUT2D eigenvalue weighted by Gasteiger charge is -2.10. The van der Waals surface area contributed by atoms with E-state index < -0.39 is 18.0 Å². The van der Waals surface area contributed by atoms with Crippen molar-refractivity contribution in [2.45, 2.75) is 6.43 Å². The van der Waals surface area contributed by atoms with Gasteiger partial charge in [0.05, 0.1) is 25.3 Å². The fraction of sp³-hybridized carbons (Fsp3) is 0.273. The second kappa shape index (κ2) is 5.25. The molecule has 0 radical (unpaired) electrons. The fourth-order valence-corrected chi connectivity index (χ4v) is 1.32. The molecule has 0 aliphatic heterocycles. The van der Waals surface area contributed by atoms with Gasteiger partial charge in [-0.05, 0) is 12.1 Å². The number of halogens is 2. The van der Waals surface area contributed by atoms with E-state index in [9.17, 15) is 13.6 Å². The van der Waals surface area contributed by atoms with Crippen molar-refractivity contribution in [1.82, 2.24) is 0 Å². The Balaban J connectivity index is 3.47. The van der Waals surface area contributed by atoms with E-state index in [1.54, 1.807) is 6.07 Å². The van der Waals surface area contributed by atoms with Gasteiger partial charge in [0.15, 0.2) is 0 Å². The molecule has 0 saturated heterocycles. The predicted molar refractivity (Wildman–Crippen MR) is 54.0 cm³/mol. The van der Waals surface area contributed by atoms with E-state index in [4.69, 9.17) is 10.00 Å². The Hall–Kier alpha value is -2.16. The summed E-state index contributed by atoms with van der Waals surface area (Å²) >= 11 is 0. The van der Waals surface area contributed by atoms with E-state index in [1.807, 2.05) is 0 Å². The smallest absolute Gasteiger partial charge is 0.338 e. The summed E-state index contributed by atoms with van der Waals surface area (Å²) in [6, 6.07) is 3.72. The summed E-state index contributed by atoms with van der Waals surface area (Å²) in [7, 11) is 2.36. The van der Waals surface area contributed by atoms with Crippen LogP contribution in [0.5, 0.6) is 5.75 Å². The Labute approximate surface area is 96.4 Å². The molecule has 17 heavy (non-hydrogen) atoms. The van der Waals surface area contributed by atoms with Crippen LogP contribution in [0.4, 0.5) is 8.78 Å². The van der Waals surface area contributed by atoms with Gasteiger partial charge < -0.3 is 9.47 Å². The van der Waals surface area contributed by atoms with Crippen LogP contribution in [0.2, 0.25) is 0 Å². The molecule has 0 bridgehead atoms. The van der Waals surface area contributed by atoms with E-state index in [-0.39, 0.29) is 16.9 Å². The minimum atomic E-state index is -2.87. The third-order valence-electron chi connectivity index (χ3n) is 2.13. The zero-order valence-electron chi connectivity index (χ0n) is 9.16. The molecule has 6 heteroatoms. The van der Waals surface area contributed by atoms with Gasteiger partial charge in [0, 0.05) is 5.56 Å². The van der Waals surface area contributed by atoms with Gasteiger partial charge in [0.25, 0.3) is 6.43 Å². The number of hydrogen-bond donors (Lipinski definition) is 0. The van der Waals surface area contributed by atoms with Crippen LogP contribution in [0.25, 0.3) is 0 Å². The molecule has 0 N–H and O–H groups in total. The van der Waals surface area contributed by atoms with E-state index in [0.29, 0.717) is 0 Å². The molecule has 0 heterocycles. The number of hydrogen-bond acceptors (Lipinski definition) is 4. The monoisotopic (exact) mass is 241 g/mol. The minimum absolute atomic E-state index is 0.0531. The molecule has 0 aliphatic rings. The van der Waals surface area contributed by atoms with Crippen molar-refractivity contribution in [2.24, 2.45) is 0 Å². The van der Waals surface area contributed by atoms with Crippen LogP contribution in [-0.4, -0.2) is 20.2 Å². The first-order valence-electron chi connectivity index (χ1n) is 4.53. The molecule has 1 rings (SSSR count). The van der Waals surface area contributed by atoms with Crippen molar-refractivity contribution >= 4 is 5.97 Å². The van der Waals surface area contributed by atoms with Crippen LogP contribution >= 0.6 is 0 Å². The SMILES string of the molecule is COC(=O)c1cc(OC)c(C#N)cc1C(F)F. The number of esters is 1. The second-order valence-corrected chi connectivity index (χ2v) is 3.04. The molecule has 0 aliphatic carbocycles. The van der Waals surface area contributed by atoms with E-state index in [1.165, 1.54) is 7.11 Å². The molecule has 90 valence electrons. The van der Waals surface area contributed by atoms with E-state index in [2.05, 4.69) is 4.74 Å². The summed E-state index contributed by atoms with van der Waals surface area (Å²) in [6.07, 6.45) is -2.87. The van der Waals surface area contributed by atoms with Crippen molar-refractivity contribution in [1.29, 1.82) is 5.26 Å². The Morgan fingerprint density at radius 3 is 2.47 bits per heavy atom. The molecule has 0 amide bonds. The molecule has 1 aromatic carbocycles. The fourth-order valence-electron chi connectivity index (χ4n) is 1.32. The maximum atomic E-state index is 12.7. The number of rotatable bonds is 3. The quantitative estimate of drug-likeness (QED) is 0.762. The van der Waals surface area contributed by atoms with Crippen LogP contribution in [0.15, 0.2) is 12.1 Å². The van der Waals surface area contributed by atoms with Gasteiger partial charge in [-0.3, -0.25) is 0 Å². The number of carbonyl (C=O) groups is 1. The summed E-state index contributed by atoms with van der Waals surface area (Å²) in [5.41, 5.74) is -0.914. The minimum Gasteiger partial charge on any atom is -0.495 e. The third kappa shape index (κ3) is 2.50. The molecule has 1 aromatic rings. The maximum absolute atomic E-state index is 12.7. The van der Waals surface area contributed by atoms with Gasteiger partial charge in [-0.15, -0.1) is 0 Å². The van der Waals surface area contributed by atoms with Gasteiger partial charge >= 0.3 is 5.97 Å². The average Bonchev–Trinajstić information content (AvgIpc) is 2.35. The zero-order valence-corrected chi connectivity index (χ0v) is 9.16. The van der Waals surface area contributed by atoms with Gasteiger partial charge in [-0.2, -0.15) is 5.26 Å². The highest BCUT2D eigenvalue weighted by atomic mass is 19.3. The lowest BCUT2D eigenvalue weighted by molar-refractivity contribution is 0.0589. The third-order valence-corrected chi connectivity index (χ3v) is 2.13. The first-order valence-corrected chi connectivity index (χ1v) is 4.53. The topological polar surface area (TPSA) is 59.3 Å². The summed E-state index contributed by atoms with van der Waals surface area (Å²) in [4.78, 5) is 11.3. The molecule has 0 aromatic heterocycles. The number of nitriles is 1. The zero-order chi connectivity index (χ0) is 13.0. The summed E-state index contributed by atoms with van der Waals surface area (Å²) < 4.78 is 34.7. The number of alkyl halides is 2. The number of benzene rings is 1. The Morgan fingerprint density at radius 2 is 2.06 bits per heavy atom. The maximum Gasteiger partial charge on any atom is 0.338 e.